The molecule has 29 heavy (non-hydrogen) atoms. The van der Waals surface area contributed by atoms with E-state index in [2.05, 4.69) is 6.07 Å². The monoisotopic (exact) mass is 398 g/mol. The number of anilines is 1. The van der Waals surface area contributed by atoms with E-state index in [0.29, 0.717) is 48.7 Å². The van der Waals surface area contributed by atoms with Crippen LogP contribution in [0.15, 0.2) is 18.2 Å². The number of esters is 1. The van der Waals surface area contributed by atoms with E-state index >= 15 is 0 Å². The Morgan fingerprint density at radius 3 is 2.72 bits per heavy atom. The highest BCUT2D eigenvalue weighted by atomic mass is 16.6. The largest absolute Gasteiger partial charge is 0.486 e. The summed E-state index contributed by atoms with van der Waals surface area (Å²) < 4.78 is 16.4. The zero-order chi connectivity index (χ0) is 20.2. The van der Waals surface area contributed by atoms with Crippen molar-refractivity contribution >= 4 is 17.6 Å². The SMILES string of the molecule is N#CCCN(C(=O)COC(=O)C[C@H]1C[C@H]2CC[C@@H]1C2)c1ccc2c(c1)OCCO2. The van der Waals surface area contributed by atoms with Crippen LogP contribution in [0, 0.1) is 29.1 Å². The molecule has 0 saturated heterocycles. The highest BCUT2D eigenvalue weighted by Gasteiger charge is 2.40. The molecule has 1 aromatic rings. The summed E-state index contributed by atoms with van der Waals surface area (Å²) in [5.41, 5.74) is 0.596. The van der Waals surface area contributed by atoms with Crippen molar-refractivity contribution in [1.82, 2.24) is 0 Å². The number of rotatable bonds is 7. The predicted molar refractivity (Wildman–Crippen MR) is 105 cm³/mol. The van der Waals surface area contributed by atoms with Gasteiger partial charge in [0.2, 0.25) is 0 Å². The number of amides is 1. The summed E-state index contributed by atoms with van der Waals surface area (Å²) in [4.78, 5) is 26.5. The minimum atomic E-state index is -0.349. The Balaban J connectivity index is 1.35. The summed E-state index contributed by atoms with van der Waals surface area (Å²) in [6, 6.07) is 7.28. The summed E-state index contributed by atoms with van der Waals surface area (Å²) in [5, 5.41) is 8.95. The van der Waals surface area contributed by atoms with Crippen LogP contribution < -0.4 is 14.4 Å². The Hall–Kier alpha value is -2.75. The fourth-order valence-electron chi connectivity index (χ4n) is 4.88. The van der Waals surface area contributed by atoms with Gasteiger partial charge in [0.25, 0.3) is 5.91 Å². The number of benzene rings is 1. The highest BCUT2D eigenvalue weighted by molar-refractivity contribution is 5.95. The molecule has 1 aromatic carbocycles. The zero-order valence-corrected chi connectivity index (χ0v) is 16.5. The molecule has 1 amide bonds. The average Bonchev–Trinajstić information content (AvgIpc) is 3.35. The van der Waals surface area contributed by atoms with Crippen LogP contribution in [-0.4, -0.2) is 38.2 Å². The van der Waals surface area contributed by atoms with Gasteiger partial charge in [0.15, 0.2) is 18.1 Å². The van der Waals surface area contributed by atoms with Crippen LogP contribution in [-0.2, 0) is 14.3 Å². The van der Waals surface area contributed by atoms with E-state index < -0.39 is 0 Å². The van der Waals surface area contributed by atoms with Gasteiger partial charge in [-0.15, -0.1) is 0 Å². The molecule has 3 atom stereocenters. The van der Waals surface area contributed by atoms with Crippen LogP contribution in [0.1, 0.15) is 38.5 Å². The number of nitrogens with zero attached hydrogens (tertiary/aromatic N) is 2. The Bertz CT molecular complexity index is 818. The summed E-state index contributed by atoms with van der Waals surface area (Å²) in [7, 11) is 0. The molecule has 2 saturated carbocycles. The minimum absolute atomic E-state index is 0.180. The van der Waals surface area contributed by atoms with Crippen LogP contribution >= 0.6 is 0 Å². The van der Waals surface area contributed by atoms with Gasteiger partial charge < -0.3 is 19.1 Å². The molecular weight excluding hydrogens is 372 g/mol. The molecule has 2 fully saturated rings. The molecule has 2 bridgehead atoms. The lowest BCUT2D eigenvalue weighted by Crippen LogP contribution is -2.35. The lowest BCUT2D eigenvalue weighted by atomic mass is 9.86. The van der Waals surface area contributed by atoms with Crippen molar-refractivity contribution in [3.63, 3.8) is 0 Å². The summed E-state index contributed by atoms with van der Waals surface area (Å²) >= 11 is 0. The van der Waals surface area contributed by atoms with Crippen molar-refractivity contribution in [3.05, 3.63) is 18.2 Å². The van der Waals surface area contributed by atoms with Gasteiger partial charge in [0, 0.05) is 24.7 Å². The van der Waals surface area contributed by atoms with E-state index in [1.54, 1.807) is 18.2 Å². The van der Waals surface area contributed by atoms with E-state index in [1.807, 2.05) is 0 Å². The first-order valence-electron chi connectivity index (χ1n) is 10.4. The maximum atomic E-state index is 12.8. The quantitative estimate of drug-likeness (QED) is 0.656. The molecule has 0 N–H and O–H groups in total. The van der Waals surface area contributed by atoms with E-state index in [0.717, 1.165) is 12.3 Å². The lowest BCUT2D eigenvalue weighted by molar-refractivity contribution is -0.149. The maximum Gasteiger partial charge on any atom is 0.306 e. The number of carbonyl (C=O) groups is 2. The highest BCUT2D eigenvalue weighted by Crippen LogP contribution is 2.49. The molecule has 1 heterocycles. The lowest BCUT2D eigenvalue weighted by Gasteiger charge is -2.25. The molecular formula is C22H26N2O5. The Morgan fingerprint density at radius 1 is 1.17 bits per heavy atom. The van der Waals surface area contributed by atoms with Gasteiger partial charge in [-0.3, -0.25) is 9.59 Å². The van der Waals surface area contributed by atoms with E-state index in [-0.39, 0.29) is 31.4 Å². The fourth-order valence-corrected chi connectivity index (χ4v) is 4.88. The van der Waals surface area contributed by atoms with Crippen molar-refractivity contribution < 1.29 is 23.8 Å². The van der Waals surface area contributed by atoms with Crippen LogP contribution in [0.5, 0.6) is 11.5 Å². The predicted octanol–water partition coefficient (Wildman–Crippen LogP) is 3.07. The van der Waals surface area contributed by atoms with Crippen LogP contribution in [0.25, 0.3) is 0 Å². The maximum absolute atomic E-state index is 12.8. The Morgan fingerprint density at radius 2 is 2.00 bits per heavy atom. The molecule has 154 valence electrons. The van der Waals surface area contributed by atoms with Gasteiger partial charge >= 0.3 is 5.97 Å². The molecule has 0 radical (unpaired) electrons. The third-order valence-corrected chi connectivity index (χ3v) is 6.26. The smallest absolute Gasteiger partial charge is 0.306 e. The molecule has 7 nitrogen and oxygen atoms in total. The first-order valence-corrected chi connectivity index (χ1v) is 10.4. The van der Waals surface area contributed by atoms with Crippen LogP contribution in [0.3, 0.4) is 0 Å². The summed E-state index contributed by atoms with van der Waals surface area (Å²) in [6.07, 6.45) is 5.43. The number of nitriles is 1. The summed E-state index contributed by atoms with van der Waals surface area (Å²) in [5.74, 6) is 2.37. The van der Waals surface area contributed by atoms with Gasteiger partial charge in [0.1, 0.15) is 13.2 Å². The number of hydrogen-bond donors (Lipinski definition) is 0. The van der Waals surface area contributed by atoms with E-state index in [1.165, 1.54) is 24.2 Å². The molecule has 3 aliphatic rings. The molecule has 0 aromatic heterocycles. The normalized spacial score (nSPS) is 24.0. The summed E-state index contributed by atoms with van der Waals surface area (Å²) in [6.45, 7) is 0.837. The van der Waals surface area contributed by atoms with Gasteiger partial charge in [0.05, 0.1) is 12.5 Å². The molecule has 1 aliphatic heterocycles. The van der Waals surface area contributed by atoms with Gasteiger partial charge in [-0.25, -0.2) is 0 Å². The first kappa shape index (κ1) is 19.6. The van der Waals surface area contributed by atoms with Crippen molar-refractivity contribution in [3.8, 4) is 17.6 Å². The second kappa shape index (κ2) is 8.73. The third-order valence-electron chi connectivity index (χ3n) is 6.26. The molecule has 2 aliphatic carbocycles. The second-order valence-corrected chi connectivity index (χ2v) is 8.08. The molecule has 0 unspecified atom stereocenters. The molecule has 7 heteroatoms. The topological polar surface area (TPSA) is 88.9 Å². The number of carbonyl (C=O) groups excluding carboxylic acids is 2. The Labute approximate surface area is 170 Å². The third kappa shape index (κ3) is 4.47. The number of ether oxygens (including phenoxy) is 3. The Kier molecular flexibility index (Phi) is 5.89. The van der Waals surface area contributed by atoms with Crippen molar-refractivity contribution in [2.24, 2.45) is 17.8 Å². The average molecular weight is 398 g/mol. The van der Waals surface area contributed by atoms with Gasteiger partial charge in [-0.05, 0) is 49.1 Å². The van der Waals surface area contributed by atoms with Gasteiger partial charge in [-0.2, -0.15) is 5.26 Å². The number of hydrogen-bond acceptors (Lipinski definition) is 6. The molecule has 0 spiro atoms. The molecule has 4 rings (SSSR count). The second-order valence-electron chi connectivity index (χ2n) is 8.08. The van der Waals surface area contributed by atoms with Crippen molar-refractivity contribution in [1.29, 1.82) is 5.26 Å². The zero-order valence-electron chi connectivity index (χ0n) is 16.5. The minimum Gasteiger partial charge on any atom is -0.486 e. The standard InChI is InChI=1S/C22H26N2O5/c23-6-1-7-24(18-4-5-19-20(13-18)28-9-8-27-19)21(25)14-29-22(26)12-17-11-15-2-3-16(17)10-15/h4-5,13,15-17H,1-3,7-12,14H2/t15-,16+,17+/m0/s1. The first-order chi connectivity index (χ1) is 14.1. The van der Waals surface area contributed by atoms with Crippen LogP contribution in [0.4, 0.5) is 5.69 Å². The van der Waals surface area contributed by atoms with Crippen LogP contribution in [0.2, 0.25) is 0 Å². The van der Waals surface area contributed by atoms with Crippen molar-refractivity contribution in [2.75, 3.05) is 31.3 Å². The number of fused-ring (bicyclic) bond motifs is 3. The van der Waals surface area contributed by atoms with E-state index in [9.17, 15) is 9.59 Å². The van der Waals surface area contributed by atoms with E-state index in [4.69, 9.17) is 19.5 Å². The van der Waals surface area contributed by atoms with Crippen molar-refractivity contribution in [2.45, 2.75) is 38.5 Å². The fraction of sp³-hybridized carbons (Fsp3) is 0.591. The van der Waals surface area contributed by atoms with Gasteiger partial charge in [-0.1, -0.05) is 6.42 Å².